The van der Waals surface area contributed by atoms with Crippen molar-refractivity contribution in [2.75, 3.05) is 12.4 Å². The molecule has 0 heterocycles. The van der Waals surface area contributed by atoms with Crippen LogP contribution in [0.25, 0.3) is 10.8 Å². The molecule has 1 N–H and O–H groups in total. The lowest BCUT2D eigenvalue weighted by atomic mass is 10.0. The quantitative estimate of drug-likeness (QED) is 0.403. The maximum Gasteiger partial charge on any atom is 0.125 e. The fourth-order valence-electron chi connectivity index (χ4n) is 3.46. The van der Waals surface area contributed by atoms with Gasteiger partial charge in [0.05, 0.1) is 7.11 Å². The summed E-state index contributed by atoms with van der Waals surface area (Å²) in [4.78, 5) is 0. The fraction of sp³-hybridized carbons (Fsp3) is 0.154. The predicted octanol–water partition coefficient (Wildman–Crippen LogP) is 6.35. The van der Waals surface area contributed by atoms with E-state index in [1.807, 2.05) is 24.3 Å². The predicted molar refractivity (Wildman–Crippen MR) is 120 cm³/mol. The van der Waals surface area contributed by atoms with Gasteiger partial charge in [0.1, 0.15) is 18.1 Å². The maximum absolute atomic E-state index is 6.28. The van der Waals surface area contributed by atoms with E-state index in [0.717, 1.165) is 22.7 Å². The van der Waals surface area contributed by atoms with E-state index in [9.17, 15) is 0 Å². The largest absolute Gasteiger partial charge is 0.497 e. The third-order valence-corrected chi connectivity index (χ3v) is 5.20. The Balaban J connectivity index is 1.60. The molecule has 0 atom stereocenters. The van der Waals surface area contributed by atoms with E-state index in [-0.39, 0.29) is 0 Å². The van der Waals surface area contributed by atoms with Gasteiger partial charge in [0.2, 0.25) is 0 Å². The van der Waals surface area contributed by atoms with Crippen molar-refractivity contribution < 1.29 is 9.47 Å². The molecule has 4 aromatic rings. The van der Waals surface area contributed by atoms with Gasteiger partial charge in [-0.05, 0) is 59.2 Å². The number of nitrogens with one attached hydrogen (secondary N) is 1. The summed E-state index contributed by atoms with van der Waals surface area (Å²) in [5.41, 5.74) is 4.65. The highest BCUT2D eigenvalue weighted by Gasteiger charge is 2.10. The molecule has 0 spiro atoms. The number of anilines is 1. The third kappa shape index (κ3) is 4.35. The number of aryl methyl sites for hydroxylation is 1. The molecule has 0 saturated heterocycles. The highest BCUT2D eigenvalue weighted by Crippen LogP contribution is 2.30. The molecule has 0 amide bonds. The van der Waals surface area contributed by atoms with Crippen LogP contribution in [0.5, 0.6) is 11.5 Å². The lowest BCUT2D eigenvalue weighted by molar-refractivity contribution is 0.303. The van der Waals surface area contributed by atoms with Gasteiger partial charge in [0.25, 0.3) is 0 Å². The Morgan fingerprint density at radius 1 is 0.793 bits per heavy atom. The minimum atomic E-state index is 0.556. The number of hydrogen-bond acceptors (Lipinski definition) is 3. The topological polar surface area (TPSA) is 30.5 Å². The van der Waals surface area contributed by atoms with Gasteiger partial charge >= 0.3 is 0 Å². The molecule has 0 unspecified atom stereocenters. The van der Waals surface area contributed by atoms with Crippen molar-refractivity contribution in [1.29, 1.82) is 0 Å². The van der Waals surface area contributed by atoms with E-state index in [2.05, 4.69) is 72.9 Å². The van der Waals surface area contributed by atoms with Crippen LogP contribution in [0, 0.1) is 6.92 Å². The first kappa shape index (κ1) is 18.9. The second-order valence-corrected chi connectivity index (χ2v) is 7.06. The van der Waals surface area contributed by atoms with Crippen molar-refractivity contribution >= 4 is 16.5 Å². The van der Waals surface area contributed by atoms with Gasteiger partial charge in [-0.2, -0.15) is 0 Å². The average molecular weight is 383 g/mol. The minimum Gasteiger partial charge on any atom is -0.497 e. The minimum absolute atomic E-state index is 0.556. The molecule has 0 fully saturated rings. The summed E-state index contributed by atoms with van der Waals surface area (Å²) in [6.45, 7) is 3.35. The van der Waals surface area contributed by atoms with Crippen LogP contribution in [-0.4, -0.2) is 7.11 Å². The second-order valence-electron chi connectivity index (χ2n) is 7.06. The first-order chi connectivity index (χ1) is 14.2. The Morgan fingerprint density at radius 2 is 1.55 bits per heavy atom. The molecule has 0 aliphatic carbocycles. The lowest BCUT2D eigenvalue weighted by Gasteiger charge is -2.16. The molecule has 4 aromatic carbocycles. The number of hydrogen-bond donors (Lipinski definition) is 1. The van der Waals surface area contributed by atoms with Crippen molar-refractivity contribution in [1.82, 2.24) is 0 Å². The molecule has 3 nitrogen and oxygen atoms in total. The monoisotopic (exact) mass is 383 g/mol. The molecule has 0 aliphatic heterocycles. The van der Waals surface area contributed by atoms with Crippen molar-refractivity contribution in [2.24, 2.45) is 0 Å². The molecule has 0 bridgehead atoms. The summed E-state index contributed by atoms with van der Waals surface area (Å²) in [5.74, 6) is 1.76. The van der Waals surface area contributed by atoms with Gasteiger partial charge in [0.15, 0.2) is 0 Å². The van der Waals surface area contributed by atoms with Crippen LogP contribution in [0.3, 0.4) is 0 Å². The van der Waals surface area contributed by atoms with Gasteiger partial charge in [-0.15, -0.1) is 0 Å². The summed E-state index contributed by atoms with van der Waals surface area (Å²) < 4.78 is 11.5. The molecule has 0 radical (unpaired) electrons. The number of fused-ring (bicyclic) bond motifs is 1. The summed E-state index contributed by atoms with van der Waals surface area (Å²) in [6, 6.07) is 28.9. The van der Waals surface area contributed by atoms with E-state index >= 15 is 0 Å². The molecule has 0 aromatic heterocycles. The molecule has 0 saturated carbocycles. The number of ether oxygens (including phenoxy) is 2. The van der Waals surface area contributed by atoms with Crippen LogP contribution in [-0.2, 0) is 13.2 Å². The first-order valence-corrected chi connectivity index (χ1v) is 9.80. The summed E-state index contributed by atoms with van der Waals surface area (Å²) in [6.07, 6.45) is 0. The Hall–Kier alpha value is -3.46. The molecule has 29 heavy (non-hydrogen) atoms. The third-order valence-electron chi connectivity index (χ3n) is 5.20. The molecule has 4 rings (SSSR count). The highest BCUT2D eigenvalue weighted by molar-refractivity contribution is 5.88. The van der Waals surface area contributed by atoms with Crippen LogP contribution in [0.2, 0.25) is 0 Å². The van der Waals surface area contributed by atoms with Gasteiger partial charge in [-0.25, -0.2) is 0 Å². The molecule has 146 valence electrons. The van der Waals surface area contributed by atoms with Crippen LogP contribution < -0.4 is 14.8 Å². The highest BCUT2D eigenvalue weighted by atomic mass is 16.5. The number of methoxy groups -OCH3 is 1. The SMILES string of the molecule is COc1ccc(NCc2c(OCc3ccccc3C)ccc3ccccc23)cc1. The Morgan fingerprint density at radius 3 is 2.34 bits per heavy atom. The lowest BCUT2D eigenvalue weighted by Crippen LogP contribution is -2.05. The van der Waals surface area contributed by atoms with Gasteiger partial charge < -0.3 is 14.8 Å². The van der Waals surface area contributed by atoms with Crippen LogP contribution in [0.1, 0.15) is 16.7 Å². The standard InChI is InChI=1S/C26H25NO2/c1-19-7-3-4-9-21(19)18-29-26-16-11-20-8-5-6-10-24(20)25(26)17-27-22-12-14-23(28-2)15-13-22/h3-16,27H,17-18H2,1-2H3. The van der Waals surface area contributed by atoms with E-state index in [1.165, 1.54) is 21.9 Å². The number of benzene rings is 4. The summed E-state index contributed by atoms with van der Waals surface area (Å²) in [7, 11) is 1.68. The van der Waals surface area contributed by atoms with Crippen molar-refractivity contribution in [3.05, 3.63) is 102 Å². The van der Waals surface area contributed by atoms with Crippen LogP contribution >= 0.6 is 0 Å². The molecular weight excluding hydrogens is 358 g/mol. The van der Waals surface area contributed by atoms with Gasteiger partial charge in [-0.3, -0.25) is 0 Å². The van der Waals surface area contributed by atoms with E-state index in [0.29, 0.717) is 13.2 Å². The summed E-state index contributed by atoms with van der Waals surface area (Å²) >= 11 is 0. The zero-order valence-corrected chi connectivity index (χ0v) is 16.8. The molecule has 0 aliphatic rings. The van der Waals surface area contributed by atoms with Gasteiger partial charge in [0, 0.05) is 17.8 Å². The fourth-order valence-corrected chi connectivity index (χ4v) is 3.46. The van der Waals surface area contributed by atoms with Crippen molar-refractivity contribution in [3.8, 4) is 11.5 Å². The Kier molecular flexibility index (Phi) is 5.66. The van der Waals surface area contributed by atoms with Crippen LogP contribution in [0.4, 0.5) is 5.69 Å². The Bertz CT molecular complexity index is 1100. The van der Waals surface area contributed by atoms with E-state index in [1.54, 1.807) is 7.11 Å². The summed E-state index contributed by atoms with van der Waals surface area (Å²) in [5, 5.41) is 5.93. The normalized spacial score (nSPS) is 10.7. The van der Waals surface area contributed by atoms with Gasteiger partial charge in [-0.1, -0.05) is 54.6 Å². The van der Waals surface area contributed by atoms with E-state index < -0.39 is 0 Å². The first-order valence-electron chi connectivity index (χ1n) is 9.80. The number of rotatable bonds is 7. The van der Waals surface area contributed by atoms with Crippen LogP contribution in [0.15, 0.2) is 84.9 Å². The zero-order chi connectivity index (χ0) is 20.1. The van der Waals surface area contributed by atoms with E-state index in [4.69, 9.17) is 9.47 Å². The second kappa shape index (κ2) is 8.70. The molecular formula is C26H25NO2. The average Bonchev–Trinajstić information content (AvgIpc) is 2.77. The van der Waals surface area contributed by atoms with Crippen molar-refractivity contribution in [3.63, 3.8) is 0 Å². The molecule has 3 heteroatoms. The van der Waals surface area contributed by atoms with Crippen molar-refractivity contribution in [2.45, 2.75) is 20.1 Å². The maximum atomic E-state index is 6.28. The zero-order valence-electron chi connectivity index (χ0n) is 16.8. The smallest absolute Gasteiger partial charge is 0.125 e. The Labute approximate surface area is 171 Å².